The van der Waals surface area contributed by atoms with Crippen LogP contribution in [-0.4, -0.2) is 53.5 Å². The first-order valence-electron chi connectivity index (χ1n) is 4.12. The summed E-state index contributed by atoms with van der Waals surface area (Å²) in [6.07, 6.45) is -3.65. The molecular formula is C3H4N4O14. The molecule has 0 bridgehead atoms. The Labute approximate surface area is 110 Å². The molecule has 0 radical (unpaired) electrons. The number of aliphatic hydroxyl groups is 3. The fourth-order valence-corrected chi connectivity index (χ4v) is 0.865. The lowest BCUT2D eigenvalue weighted by atomic mass is 10.2. The molecule has 0 aromatic heterocycles. The van der Waals surface area contributed by atoms with Crippen LogP contribution in [0.15, 0.2) is 0 Å². The fourth-order valence-electron chi connectivity index (χ4n) is 0.865. The molecule has 18 heteroatoms. The zero-order chi connectivity index (χ0) is 17.0. The van der Waals surface area contributed by atoms with Crippen molar-refractivity contribution >= 4 is 0 Å². The summed E-state index contributed by atoms with van der Waals surface area (Å²) in [4.78, 5) is 47.5. The molecule has 0 aliphatic carbocycles. The first-order valence-corrected chi connectivity index (χ1v) is 4.12. The number of nitro groups is 1. The third kappa shape index (κ3) is 3.68. The Kier molecular flexibility index (Phi) is 5.02. The smallest absolute Gasteiger partial charge is 0.364 e. The third-order valence-corrected chi connectivity index (χ3v) is 1.65. The van der Waals surface area contributed by atoms with E-state index < -0.39 is 38.2 Å². The summed E-state index contributed by atoms with van der Waals surface area (Å²) in [5.74, 6) is -9.54. The number of rotatable bonds is 9. The van der Waals surface area contributed by atoms with Crippen molar-refractivity contribution in [3.63, 3.8) is 0 Å². The van der Waals surface area contributed by atoms with Crippen LogP contribution in [-0.2, 0) is 14.5 Å². The van der Waals surface area contributed by atoms with Crippen LogP contribution in [0.1, 0.15) is 0 Å². The fraction of sp³-hybridized carbons (Fsp3) is 1.00. The second-order valence-corrected chi connectivity index (χ2v) is 2.87. The first-order chi connectivity index (χ1) is 9.36. The highest BCUT2D eigenvalue weighted by molar-refractivity contribution is 4.78. The minimum Gasteiger partial charge on any atom is -0.364 e. The Bertz CT molecular complexity index is 463. The molecule has 0 amide bonds. The van der Waals surface area contributed by atoms with Gasteiger partial charge in [-0.1, -0.05) is 0 Å². The lowest BCUT2D eigenvalue weighted by molar-refractivity contribution is -0.934. The molecule has 0 saturated carbocycles. The molecule has 0 spiro atoms. The molecule has 0 aliphatic heterocycles. The molecule has 0 saturated heterocycles. The number of aliphatic hydroxyl groups excluding tert-OH is 1. The normalized spacial score (nSPS) is 17.5. The molecule has 0 aromatic carbocycles. The minimum absolute atomic E-state index is 1.91. The van der Waals surface area contributed by atoms with Crippen molar-refractivity contribution in [1.82, 2.24) is 0 Å². The van der Waals surface area contributed by atoms with E-state index in [1.165, 1.54) is 0 Å². The Hall–Kier alpha value is -3.12. The summed E-state index contributed by atoms with van der Waals surface area (Å²) in [6, 6.07) is 0. The molecule has 3 unspecified atom stereocenters. The average Bonchev–Trinajstić information content (AvgIpc) is 2.25. The quantitative estimate of drug-likeness (QED) is 0.212. The summed E-state index contributed by atoms with van der Waals surface area (Å²) < 4.78 is 0. The summed E-state index contributed by atoms with van der Waals surface area (Å²) in [5, 5.41) is 62.0. The van der Waals surface area contributed by atoms with Gasteiger partial charge in [-0.2, -0.15) is 4.84 Å². The molecule has 0 aliphatic rings. The Morgan fingerprint density at radius 3 is 1.57 bits per heavy atom. The lowest BCUT2D eigenvalue weighted by Crippen LogP contribution is -2.69. The average molecular weight is 320 g/mol. The van der Waals surface area contributed by atoms with Gasteiger partial charge in [0.05, 0.1) is 4.92 Å². The molecule has 0 rings (SSSR count). The van der Waals surface area contributed by atoms with Crippen LogP contribution < -0.4 is 0 Å². The molecule has 21 heavy (non-hydrogen) atoms. The summed E-state index contributed by atoms with van der Waals surface area (Å²) in [6.45, 7) is 0. The van der Waals surface area contributed by atoms with Crippen LogP contribution in [0.25, 0.3) is 0 Å². The van der Waals surface area contributed by atoms with Crippen LogP contribution in [0.5, 0.6) is 0 Å². The number of nitrogens with zero attached hydrogens (tertiary/aromatic N) is 4. The zero-order valence-corrected chi connectivity index (χ0v) is 9.20. The van der Waals surface area contributed by atoms with Gasteiger partial charge in [-0.3, -0.25) is 19.8 Å². The van der Waals surface area contributed by atoms with Crippen LogP contribution in [0.3, 0.4) is 0 Å². The van der Waals surface area contributed by atoms with Crippen LogP contribution in [0.4, 0.5) is 0 Å². The van der Waals surface area contributed by atoms with Crippen molar-refractivity contribution in [2.75, 3.05) is 0 Å². The van der Waals surface area contributed by atoms with E-state index in [1.54, 1.807) is 0 Å². The maximum Gasteiger partial charge on any atom is 0.533 e. The van der Waals surface area contributed by atoms with E-state index in [9.17, 15) is 50.7 Å². The van der Waals surface area contributed by atoms with E-state index in [4.69, 9.17) is 5.11 Å². The summed E-state index contributed by atoms with van der Waals surface area (Å²) in [5.41, 5.74) is 0. The highest BCUT2D eigenvalue weighted by Gasteiger charge is 2.73. The van der Waals surface area contributed by atoms with Gasteiger partial charge in [0.25, 0.3) is 16.5 Å². The van der Waals surface area contributed by atoms with E-state index in [0.717, 1.165) is 0 Å². The van der Waals surface area contributed by atoms with Gasteiger partial charge in [0.1, 0.15) is 0 Å². The molecule has 120 valence electrons. The Morgan fingerprint density at radius 1 is 0.857 bits per heavy atom. The van der Waals surface area contributed by atoms with Crippen molar-refractivity contribution in [1.29, 1.82) is 0 Å². The number of hydrogen-bond donors (Lipinski definition) is 3. The molecule has 0 aromatic rings. The highest BCUT2D eigenvalue weighted by Crippen LogP contribution is 2.30. The van der Waals surface area contributed by atoms with Gasteiger partial charge < -0.3 is 15.3 Å². The van der Waals surface area contributed by atoms with Gasteiger partial charge >= 0.3 is 16.8 Å². The first kappa shape index (κ1) is 17.9. The van der Waals surface area contributed by atoms with Crippen LogP contribution >= 0.6 is 0 Å². The molecule has 18 nitrogen and oxygen atoms in total. The predicted octanol–water partition coefficient (Wildman–Crippen LogP) is -3.46. The van der Waals surface area contributed by atoms with Crippen molar-refractivity contribution in [2.45, 2.75) is 18.0 Å². The van der Waals surface area contributed by atoms with Crippen molar-refractivity contribution in [3.8, 4) is 0 Å². The van der Waals surface area contributed by atoms with Gasteiger partial charge in [-0.15, -0.1) is 30.3 Å². The van der Waals surface area contributed by atoms with E-state index in [2.05, 4.69) is 14.5 Å². The van der Waals surface area contributed by atoms with Crippen LogP contribution in [0, 0.1) is 40.5 Å². The molecular weight excluding hydrogens is 316 g/mol. The monoisotopic (exact) mass is 320 g/mol. The second-order valence-electron chi connectivity index (χ2n) is 2.87. The van der Waals surface area contributed by atoms with E-state index in [1.807, 2.05) is 0 Å². The predicted molar refractivity (Wildman–Crippen MR) is 47.1 cm³/mol. The van der Waals surface area contributed by atoms with E-state index in [-0.39, 0.29) is 0 Å². The maximum atomic E-state index is 10.5. The summed E-state index contributed by atoms with van der Waals surface area (Å²) in [7, 11) is 0. The molecule has 3 N–H and O–H groups in total. The largest absolute Gasteiger partial charge is 0.533 e. The van der Waals surface area contributed by atoms with Gasteiger partial charge in [-0.05, 0) is 0 Å². The second kappa shape index (κ2) is 5.89. The van der Waals surface area contributed by atoms with Crippen molar-refractivity contribution in [2.24, 2.45) is 0 Å². The van der Waals surface area contributed by atoms with Crippen molar-refractivity contribution < 1.29 is 50.0 Å². The van der Waals surface area contributed by atoms with Gasteiger partial charge in [0.15, 0.2) is 0 Å². The van der Waals surface area contributed by atoms with E-state index in [0.29, 0.717) is 0 Å². The van der Waals surface area contributed by atoms with Gasteiger partial charge in [-0.25, -0.2) is 0 Å². The lowest BCUT2D eigenvalue weighted by Gasteiger charge is -2.32. The Balaban J connectivity index is 5.93. The SMILES string of the molecule is O=[N+]([O-])OC(O)C(O)(O[N+](=O)[O-])C(O)(O[N+](=O)[O-])[N+](=O)[O-]. The van der Waals surface area contributed by atoms with Gasteiger partial charge in [0, 0.05) is 0 Å². The summed E-state index contributed by atoms with van der Waals surface area (Å²) >= 11 is 0. The number of hydrogen-bond acceptors (Lipinski definition) is 14. The molecule has 0 heterocycles. The highest BCUT2D eigenvalue weighted by atomic mass is 17.1. The van der Waals surface area contributed by atoms with Crippen molar-refractivity contribution in [3.05, 3.63) is 40.5 Å². The molecule has 0 fully saturated rings. The van der Waals surface area contributed by atoms with E-state index >= 15 is 0 Å². The maximum absolute atomic E-state index is 10.5. The Morgan fingerprint density at radius 2 is 1.29 bits per heavy atom. The van der Waals surface area contributed by atoms with Gasteiger partial charge in [0.2, 0.25) is 0 Å². The standard InChI is InChI=1S/C3H4N4O14/c8-1(19-5(13)14)2(9,20-6(15)16)3(10,4(11)12)21-7(17)18/h1,8-10H. The third-order valence-electron chi connectivity index (χ3n) is 1.65. The van der Waals surface area contributed by atoms with Crippen LogP contribution in [0.2, 0.25) is 0 Å². The minimum atomic E-state index is -4.85. The molecule has 3 atom stereocenters. The zero-order valence-electron chi connectivity index (χ0n) is 9.20. The topological polar surface area (TPSA) is 261 Å².